The van der Waals surface area contributed by atoms with Gasteiger partial charge in [0.25, 0.3) is 0 Å². The predicted octanol–water partition coefficient (Wildman–Crippen LogP) is 3.02. The minimum atomic E-state index is -0.437. The molecule has 5 nitrogen and oxygen atoms in total. The SMILES string of the molecule is C[C@@H]1CN(Cc2ccc(N(C)C)cc2)C[C@H](C)N1Cc1ccc(C(=O)CO)cc1. The molecule has 3 rings (SSSR count). The molecule has 0 unspecified atom stereocenters. The number of Topliss-reactive ketones (excluding diaryl/α,β-unsaturated/α-hetero) is 1. The summed E-state index contributed by atoms with van der Waals surface area (Å²) in [5, 5.41) is 8.99. The molecule has 0 bridgehead atoms. The standard InChI is InChI=1S/C24H33N3O2/c1-18-13-26(15-20-7-11-23(12-8-20)25(3)4)14-19(2)27(18)16-21-5-9-22(10-6-21)24(29)17-28/h5-12,18-19,28H,13-17H2,1-4H3/t18-,19+. The van der Waals surface area contributed by atoms with E-state index in [1.54, 1.807) is 0 Å². The molecular weight excluding hydrogens is 362 g/mol. The molecule has 1 N–H and O–H groups in total. The number of aliphatic hydroxyl groups excluding tert-OH is 1. The molecule has 0 aromatic heterocycles. The van der Waals surface area contributed by atoms with Crippen molar-refractivity contribution in [2.45, 2.75) is 39.0 Å². The second-order valence-electron chi connectivity index (χ2n) is 8.40. The van der Waals surface area contributed by atoms with Gasteiger partial charge in [-0.25, -0.2) is 0 Å². The normalized spacial score (nSPS) is 20.6. The summed E-state index contributed by atoms with van der Waals surface area (Å²) in [6.07, 6.45) is 0. The Morgan fingerprint density at radius 1 is 0.931 bits per heavy atom. The number of carbonyl (C=O) groups is 1. The van der Waals surface area contributed by atoms with Crippen LogP contribution >= 0.6 is 0 Å². The topological polar surface area (TPSA) is 47.0 Å². The molecule has 1 saturated heterocycles. The van der Waals surface area contributed by atoms with Crippen LogP contribution in [0.2, 0.25) is 0 Å². The van der Waals surface area contributed by atoms with E-state index in [-0.39, 0.29) is 5.78 Å². The number of benzene rings is 2. The Kier molecular flexibility index (Phi) is 7.06. The smallest absolute Gasteiger partial charge is 0.188 e. The maximum atomic E-state index is 11.6. The van der Waals surface area contributed by atoms with E-state index in [1.165, 1.54) is 16.8 Å². The van der Waals surface area contributed by atoms with E-state index in [0.29, 0.717) is 17.6 Å². The number of ketones is 1. The highest BCUT2D eigenvalue weighted by atomic mass is 16.3. The number of aliphatic hydroxyl groups is 1. The third-order valence-corrected chi connectivity index (χ3v) is 5.82. The van der Waals surface area contributed by atoms with E-state index in [1.807, 2.05) is 24.3 Å². The second kappa shape index (κ2) is 9.53. The number of nitrogens with zero attached hydrogens (tertiary/aromatic N) is 3. The highest BCUT2D eigenvalue weighted by Crippen LogP contribution is 2.22. The Bertz CT molecular complexity index is 790. The maximum absolute atomic E-state index is 11.6. The molecule has 0 aliphatic carbocycles. The third kappa shape index (κ3) is 5.44. The number of carbonyl (C=O) groups excluding carboxylic acids is 1. The first-order valence-corrected chi connectivity index (χ1v) is 10.3. The predicted molar refractivity (Wildman–Crippen MR) is 118 cm³/mol. The van der Waals surface area contributed by atoms with Crippen molar-refractivity contribution in [3.63, 3.8) is 0 Å². The van der Waals surface area contributed by atoms with Gasteiger partial charge in [0.15, 0.2) is 5.78 Å². The van der Waals surface area contributed by atoms with Crippen molar-refractivity contribution in [1.29, 1.82) is 0 Å². The van der Waals surface area contributed by atoms with Crippen molar-refractivity contribution in [2.24, 2.45) is 0 Å². The van der Waals surface area contributed by atoms with Crippen LogP contribution in [0, 0.1) is 0 Å². The highest BCUT2D eigenvalue weighted by Gasteiger charge is 2.29. The fourth-order valence-corrected chi connectivity index (χ4v) is 4.16. The summed E-state index contributed by atoms with van der Waals surface area (Å²) in [5.41, 5.74) is 4.35. The van der Waals surface area contributed by atoms with Gasteiger partial charge in [0.1, 0.15) is 6.61 Å². The summed E-state index contributed by atoms with van der Waals surface area (Å²) in [5.74, 6) is -0.231. The molecular formula is C24H33N3O2. The van der Waals surface area contributed by atoms with Gasteiger partial charge in [-0.15, -0.1) is 0 Å². The van der Waals surface area contributed by atoms with Gasteiger partial charge in [0.05, 0.1) is 0 Å². The van der Waals surface area contributed by atoms with Gasteiger partial charge in [-0.2, -0.15) is 0 Å². The summed E-state index contributed by atoms with van der Waals surface area (Å²) in [4.78, 5) is 18.8. The quantitative estimate of drug-likeness (QED) is 0.731. The average molecular weight is 396 g/mol. The lowest BCUT2D eigenvalue weighted by atomic mass is 10.0. The van der Waals surface area contributed by atoms with E-state index in [0.717, 1.165) is 26.2 Å². The Morgan fingerprint density at radius 3 is 1.97 bits per heavy atom. The zero-order valence-electron chi connectivity index (χ0n) is 18.0. The molecule has 2 atom stereocenters. The van der Waals surface area contributed by atoms with Crippen LogP contribution in [-0.2, 0) is 13.1 Å². The molecule has 2 aromatic rings. The van der Waals surface area contributed by atoms with Crippen LogP contribution in [0.4, 0.5) is 5.69 Å². The summed E-state index contributed by atoms with van der Waals surface area (Å²) in [6, 6.07) is 17.4. The fraction of sp³-hybridized carbons (Fsp3) is 0.458. The van der Waals surface area contributed by atoms with Gasteiger partial charge in [0, 0.05) is 63.6 Å². The molecule has 29 heavy (non-hydrogen) atoms. The van der Waals surface area contributed by atoms with Crippen LogP contribution in [0.25, 0.3) is 0 Å². The first kappa shape index (κ1) is 21.5. The minimum absolute atomic E-state index is 0.231. The Hall–Kier alpha value is -2.21. The molecule has 1 aliphatic rings. The molecule has 5 heteroatoms. The molecule has 0 amide bonds. The van der Waals surface area contributed by atoms with Crippen molar-refractivity contribution in [1.82, 2.24) is 9.80 Å². The van der Waals surface area contributed by atoms with Crippen molar-refractivity contribution >= 4 is 11.5 Å². The number of hydrogen-bond donors (Lipinski definition) is 1. The maximum Gasteiger partial charge on any atom is 0.188 e. The molecule has 0 radical (unpaired) electrons. The van der Waals surface area contributed by atoms with Gasteiger partial charge in [0.2, 0.25) is 0 Å². The van der Waals surface area contributed by atoms with Crippen molar-refractivity contribution in [2.75, 3.05) is 38.7 Å². The van der Waals surface area contributed by atoms with Crippen LogP contribution in [0.1, 0.15) is 35.3 Å². The Labute approximate surface area is 174 Å². The largest absolute Gasteiger partial charge is 0.388 e. The monoisotopic (exact) mass is 395 g/mol. The lowest BCUT2D eigenvalue weighted by Crippen LogP contribution is -2.55. The van der Waals surface area contributed by atoms with E-state index in [9.17, 15) is 4.79 Å². The van der Waals surface area contributed by atoms with Gasteiger partial charge >= 0.3 is 0 Å². The zero-order chi connectivity index (χ0) is 21.0. The summed E-state index contributed by atoms with van der Waals surface area (Å²) in [6.45, 7) is 8.09. The Balaban J connectivity index is 1.58. The van der Waals surface area contributed by atoms with E-state index < -0.39 is 6.61 Å². The molecule has 0 spiro atoms. The molecule has 1 aliphatic heterocycles. The molecule has 1 heterocycles. The van der Waals surface area contributed by atoms with E-state index >= 15 is 0 Å². The average Bonchev–Trinajstić information content (AvgIpc) is 2.71. The first-order chi connectivity index (χ1) is 13.9. The minimum Gasteiger partial charge on any atom is -0.388 e. The summed E-state index contributed by atoms with van der Waals surface area (Å²) >= 11 is 0. The van der Waals surface area contributed by atoms with Crippen LogP contribution in [-0.4, -0.2) is 66.6 Å². The number of anilines is 1. The van der Waals surface area contributed by atoms with Gasteiger partial charge in [-0.05, 0) is 37.1 Å². The van der Waals surface area contributed by atoms with Gasteiger partial charge < -0.3 is 10.0 Å². The molecule has 1 fully saturated rings. The Morgan fingerprint density at radius 2 is 1.45 bits per heavy atom. The van der Waals surface area contributed by atoms with Crippen LogP contribution in [0.5, 0.6) is 0 Å². The molecule has 156 valence electrons. The van der Waals surface area contributed by atoms with Gasteiger partial charge in [-0.1, -0.05) is 36.4 Å². The van der Waals surface area contributed by atoms with Crippen LogP contribution < -0.4 is 4.90 Å². The lowest BCUT2D eigenvalue weighted by Gasteiger charge is -2.44. The number of rotatable bonds is 7. The van der Waals surface area contributed by atoms with Crippen molar-refractivity contribution in [3.8, 4) is 0 Å². The van der Waals surface area contributed by atoms with Crippen molar-refractivity contribution < 1.29 is 9.90 Å². The third-order valence-electron chi connectivity index (χ3n) is 5.82. The number of piperazine rings is 1. The number of hydrogen-bond acceptors (Lipinski definition) is 5. The highest BCUT2D eigenvalue weighted by molar-refractivity contribution is 5.96. The van der Waals surface area contributed by atoms with E-state index in [2.05, 4.69) is 66.9 Å². The second-order valence-corrected chi connectivity index (χ2v) is 8.40. The van der Waals surface area contributed by atoms with Crippen molar-refractivity contribution in [3.05, 3.63) is 65.2 Å². The fourth-order valence-electron chi connectivity index (χ4n) is 4.16. The summed E-state index contributed by atoms with van der Waals surface area (Å²) in [7, 11) is 4.13. The molecule has 0 saturated carbocycles. The molecule has 2 aromatic carbocycles. The van der Waals surface area contributed by atoms with Gasteiger partial charge in [-0.3, -0.25) is 14.6 Å². The summed E-state index contributed by atoms with van der Waals surface area (Å²) < 4.78 is 0. The lowest BCUT2D eigenvalue weighted by molar-refractivity contribution is 0.0290. The zero-order valence-corrected chi connectivity index (χ0v) is 18.0. The van der Waals surface area contributed by atoms with E-state index in [4.69, 9.17) is 5.11 Å². The first-order valence-electron chi connectivity index (χ1n) is 10.3. The van der Waals surface area contributed by atoms with Crippen LogP contribution in [0.3, 0.4) is 0 Å². The van der Waals surface area contributed by atoms with Crippen LogP contribution in [0.15, 0.2) is 48.5 Å².